The van der Waals surface area contributed by atoms with Gasteiger partial charge in [-0.1, -0.05) is 23.7 Å². The van der Waals surface area contributed by atoms with Gasteiger partial charge in [-0.25, -0.2) is 0 Å². The zero-order valence-corrected chi connectivity index (χ0v) is 13.1. The average Bonchev–Trinajstić information content (AvgIpc) is 2.46. The van der Waals surface area contributed by atoms with E-state index in [0.717, 1.165) is 0 Å². The third-order valence-electron chi connectivity index (χ3n) is 2.84. The fourth-order valence-electron chi connectivity index (χ4n) is 1.76. The summed E-state index contributed by atoms with van der Waals surface area (Å²) >= 11 is 9.36. The molecule has 0 atom stereocenters. The molecular formula is C14H11BrClNO4. The fourth-order valence-corrected chi connectivity index (χ4v) is 2.51. The number of aliphatic hydroxyl groups excluding tert-OH is 1. The Morgan fingerprint density at radius 3 is 2.67 bits per heavy atom. The van der Waals surface area contributed by atoms with Crippen molar-refractivity contribution in [2.75, 3.05) is 0 Å². The number of non-ortho nitro benzene ring substituents is 1. The molecule has 0 aromatic heterocycles. The van der Waals surface area contributed by atoms with E-state index in [0.29, 0.717) is 21.3 Å². The van der Waals surface area contributed by atoms with Crippen molar-refractivity contribution in [1.29, 1.82) is 0 Å². The largest absolute Gasteiger partial charge is 0.487 e. The lowest BCUT2D eigenvalue weighted by Crippen LogP contribution is -2.01. The molecule has 2 aromatic carbocycles. The first-order valence-corrected chi connectivity index (χ1v) is 7.14. The Morgan fingerprint density at radius 2 is 2.05 bits per heavy atom. The minimum absolute atomic E-state index is 0.0688. The molecule has 0 bridgehead atoms. The van der Waals surface area contributed by atoms with Crippen molar-refractivity contribution in [2.45, 2.75) is 13.2 Å². The number of ether oxygens (including phenoxy) is 1. The maximum Gasteiger partial charge on any atom is 0.270 e. The van der Waals surface area contributed by atoms with Gasteiger partial charge in [-0.3, -0.25) is 10.1 Å². The van der Waals surface area contributed by atoms with Crippen LogP contribution in [0, 0.1) is 10.1 Å². The molecular weight excluding hydrogens is 362 g/mol. The predicted octanol–water partition coefficient (Wildman–Crippen LogP) is 4.08. The molecule has 0 heterocycles. The normalized spacial score (nSPS) is 10.4. The standard InChI is InChI=1S/C14H11BrClNO4/c15-12-3-1-2-9(7-18)14(12)21-8-10-4-5-11(17(19)20)6-13(10)16/h1-6,18H,7-8H2. The van der Waals surface area contributed by atoms with Gasteiger partial charge < -0.3 is 9.84 Å². The minimum Gasteiger partial charge on any atom is -0.487 e. The fraction of sp³-hybridized carbons (Fsp3) is 0.143. The van der Waals surface area contributed by atoms with Gasteiger partial charge in [0.2, 0.25) is 0 Å². The summed E-state index contributed by atoms with van der Waals surface area (Å²) in [7, 11) is 0. The Hall–Kier alpha value is -1.63. The minimum atomic E-state index is -0.506. The van der Waals surface area contributed by atoms with Gasteiger partial charge >= 0.3 is 0 Å². The highest BCUT2D eigenvalue weighted by Crippen LogP contribution is 2.31. The molecule has 0 amide bonds. The highest BCUT2D eigenvalue weighted by atomic mass is 79.9. The second-order valence-electron chi connectivity index (χ2n) is 4.21. The van der Waals surface area contributed by atoms with Gasteiger partial charge in [-0.15, -0.1) is 0 Å². The molecule has 110 valence electrons. The molecule has 5 nitrogen and oxygen atoms in total. The van der Waals surface area contributed by atoms with Crippen molar-refractivity contribution in [3.8, 4) is 5.75 Å². The maximum absolute atomic E-state index is 10.7. The van der Waals surface area contributed by atoms with Crippen molar-refractivity contribution in [3.05, 3.63) is 67.1 Å². The molecule has 0 saturated heterocycles. The molecule has 0 saturated carbocycles. The second-order valence-corrected chi connectivity index (χ2v) is 5.47. The number of para-hydroxylation sites is 1. The zero-order chi connectivity index (χ0) is 15.4. The van der Waals surface area contributed by atoms with Crippen molar-refractivity contribution < 1.29 is 14.8 Å². The third-order valence-corrected chi connectivity index (χ3v) is 3.81. The lowest BCUT2D eigenvalue weighted by Gasteiger charge is -2.12. The summed E-state index contributed by atoms with van der Waals surface area (Å²) in [5, 5.41) is 20.2. The predicted molar refractivity (Wildman–Crippen MR) is 82.5 cm³/mol. The lowest BCUT2D eigenvalue weighted by molar-refractivity contribution is -0.384. The number of rotatable bonds is 5. The second kappa shape index (κ2) is 6.89. The van der Waals surface area contributed by atoms with Crippen LogP contribution in [0.25, 0.3) is 0 Å². The quantitative estimate of drug-likeness (QED) is 0.634. The molecule has 0 radical (unpaired) electrons. The van der Waals surface area contributed by atoms with Gasteiger partial charge in [0.05, 0.1) is 21.0 Å². The molecule has 2 rings (SSSR count). The van der Waals surface area contributed by atoms with Gasteiger partial charge in [0.15, 0.2) is 0 Å². The SMILES string of the molecule is O=[N+]([O-])c1ccc(COc2c(Br)cccc2CO)c(Cl)c1. The van der Waals surface area contributed by atoms with E-state index < -0.39 is 4.92 Å². The molecule has 21 heavy (non-hydrogen) atoms. The number of nitro groups is 1. The Morgan fingerprint density at radius 1 is 1.29 bits per heavy atom. The molecule has 0 unspecified atom stereocenters. The van der Waals surface area contributed by atoms with E-state index in [1.54, 1.807) is 24.3 Å². The van der Waals surface area contributed by atoms with Crippen LogP contribution in [0.3, 0.4) is 0 Å². The van der Waals surface area contributed by atoms with Crippen molar-refractivity contribution in [1.82, 2.24) is 0 Å². The highest BCUT2D eigenvalue weighted by molar-refractivity contribution is 9.10. The molecule has 0 spiro atoms. The molecule has 1 N–H and O–H groups in total. The van der Waals surface area contributed by atoms with Gasteiger partial charge in [0, 0.05) is 23.3 Å². The summed E-state index contributed by atoms with van der Waals surface area (Å²) in [4.78, 5) is 10.1. The summed E-state index contributed by atoms with van der Waals surface area (Å²) in [6.45, 7) is -0.00475. The Balaban J connectivity index is 2.19. The molecule has 2 aromatic rings. The van der Waals surface area contributed by atoms with Gasteiger partial charge in [-0.2, -0.15) is 0 Å². The number of aliphatic hydroxyl groups is 1. The number of benzene rings is 2. The molecule has 0 aliphatic heterocycles. The number of halogens is 2. The zero-order valence-electron chi connectivity index (χ0n) is 10.8. The summed E-state index contributed by atoms with van der Waals surface area (Å²) in [6, 6.07) is 9.55. The van der Waals surface area contributed by atoms with E-state index >= 15 is 0 Å². The Kier molecular flexibility index (Phi) is 5.17. The summed E-state index contributed by atoms with van der Waals surface area (Å²) in [6.07, 6.45) is 0. The van der Waals surface area contributed by atoms with Gasteiger partial charge in [0.25, 0.3) is 5.69 Å². The van der Waals surface area contributed by atoms with Crippen LogP contribution in [0.2, 0.25) is 5.02 Å². The third kappa shape index (κ3) is 3.72. The summed E-state index contributed by atoms with van der Waals surface area (Å²) in [5.74, 6) is 0.523. The van der Waals surface area contributed by atoms with Crippen LogP contribution >= 0.6 is 27.5 Å². The summed E-state index contributed by atoms with van der Waals surface area (Å²) in [5.41, 5.74) is 1.20. The smallest absolute Gasteiger partial charge is 0.270 e. The first-order valence-electron chi connectivity index (χ1n) is 5.96. The first-order chi connectivity index (χ1) is 10.0. The number of hydrogen-bond donors (Lipinski definition) is 1. The monoisotopic (exact) mass is 371 g/mol. The maximum atomic E-state index is 10.7. The topological polar surface area (TPSA) is 72.6 Å². The van der Waals surface area contributed by atoms with Crippen LogP contribution in [0.4, 0.5) is 5.69 Å². The Bertz CT molecular complexity index is 678. The van der Waals surface area contributed by atoms with Crippen LogP contribution < -0.4 is 4.74 Å². The van der Waals surface area contributed by atoms with E-state index in [-0.39, 0.29) is 23.9 Å². The number of nitro benzene ring substituents is 1. The van der Waals surface area contributed by atoms with Crippen LogP contribution in [0.1, 0.15) is 11.1 Å². The first kappa shape index (κ1) is 15.8. The van der Waals surface area contributed by atoms with Crippen molar-refractivity contribution in [3.63, 3.8) is 0 Å². The average molecular weight is 373 g/mol. The van der Waals surface area contributed by atoms with Crippen LogP contribution in [-0.2, 0) is 13.2 Å². The highest BCUT2D eigenvalue weighted by Gasteiger charge is 2.12. The van der Waals surface area contributed by atoms with Crippen LogP contribution in [-0.4, -0.2) is 10.0 Å². The van der Waals surface area contributed by atoms with Crippen molar-refractivity contribution in [2.24, 2.45) is 0 Å². The van der Waals surface area contributed by atoms with E-state index in [1.807, 2.05) is 0 Å². The summed E-state index contributed by atoms with van der Waals surface area (Å²) < 4.78 is 6.38. The van der Waals surface area contributed by atoms with E-state index in [1.165, 1.54) is 12.1 Å². The molecule has 0 fully saturated rings. The molecule has 7 heteroatoms. The van der Waals surface area contributed by atoms with Gasteiger partial charge in [0.1, 0.15) is 12.4 Å². The van der Waals surface area contributed by atoms with Gasteiger partial charge in [-0.05, 0) is 28.1 Å². The van der Waals surface area contributed by atoms with Crippen LogP contribution in [0.15, 0.2) is 40.9 Å². The number of hydrogen-bond acceptors (Lipinski definition) is 4. The lowest BCUT2D eigenvalue weighted by atomic mass is 10.2. The van der Waals surface area contributed by atoms with E-state index in [2.05, 4.69) is 15.9 Å². The van der Waals surface area contributed by atoms with Crippen LogP contribution in [0.5, 0.6) is 5.75 Å². The van der Waals surface area contributed by atoms with E-state index in [4.69, 9.17) is 16.3 Å². The van der Waals surface area contributed by atoms with Crippen molar-refractivity contribution >= 4 is 33.2 Å². The van der Waals surface area contributed by atoms with E-state index in [9.17, 15) is 15.2 Å². The molecule has 0 aliphatic rings. The number of nitrogens with zero attached hydrogens (tertiary/aromatic N) is 1. The molecule has 0 aliphatic carbocycles. The Labute approximate surface area is 134 Å².